The molecule has 2 atom stereocenters. The SMILES string of the molecule is CO[C@H]1C[C@@H](CO)N(C(=O)c2cccc(-c3c(F)cccc3F)c2)C1. The van der Waals surface area contributed by atoms with E-state index in [1.807, 2.05) is 0 Å². The van der Waals surface area contributed by atoms with E-state index in [4.69, 9.17) is 4.74 Å². The predicted molar refractivity (Wildman–Crippen MR) is 89.1 cm³/mol. The van der Waals surface area contributed by atoms with Crippen molar-refractivity contribution in [2.45, 2.75) is 18.6 Å². The largest absolute Gasteiger partial charge is 0.394 e. The summed E-state index contributed by atoms with van der Waals surface area (Å²) in [6.07, 6.45) is 0.425. The Hall–Kier alpha value is -2.31. The maximum Gasteiger partial charge on any atom is 0.254 e. The topological polar surface area (TPSA) is 49.8 Å². The second-order valence-corrected chi connectivity index (χ2v) is 6.06. The number of benzene rings is 2. The van der Waals surface area contributed by atoms with Gasteiger partial charge in [-0.2, -0.15) is 0 Å². The molecule has 0 aliphatic carbocycles. The Kier molecular flexibility index (Phi) is 5.11. The number of hydrogen-bond acceptors (Lipinski definition) is 3. The second kappa shape index (κ2) is 7.29. The Labute approximate surface area is 144 Å². The zero-order valence-corrected chi connectivity index (χ0v) is 13.8. The molecule has 0 spiro atoms. The average molecular weight is 347 g/mol. The first-order chi connectivity index (χ1) is 12.0. The molecule has 1 N–H and O–H groups in total. The molecule has 0 saturated carbocycles. The molecule has 0 unspecified atom stereocenters. The van der Waals surface area contributed by atoms with Gasteiger partial charge >= 0.3 is 0 Å². The Morgan fingerprint density at radius 1 is 1.24 bits per heavy atom. The minimum absolute atomic E-state index is 0.131. The minimum atomic E-state index is -0.682. The summed E-state index contributed by atoms with van der Waals surface area (Å²) < 4.78 is 33.3. The number of methoxy groups -OCH3 is 1. The number of nitrogens with zero attached hydrogens (tertiary/aromatic N) is 1. The summed E-state index contributed by atoms with van der Waals surface area (Å²) >= 11 is 0. The van der Waals surface area contributed by atoms with Gasteiger partial charge in [-0.3, -0.25) is 4.79 Å². The van der Waals surface area contributed by atoms with Crippen LogP contribution in [0.15, 0.2) is 42.5 Å². The normalized spacial score (nSPS) is 20.1. The van der Waals surface area contributed by atoms with Crippen molar-refractivity contribution in [3.05, 3.63) is 59.7 Å². The van der Waals surface area contributed by atoms with Gasteiger partial charge in [0.05, 0.1) is 24.3 Å². The van der Waals surface area contributed by atoms with Crippen LogP contribution in [0.3, 0.4) is 0 Å². The van der Waals surface area contributed by atoms with E-state index in [1.165, 1.54) is 24.3 Å². The molecule has 2 aromatic carbocycles. The first-order valence-corrected chi connectivity index (χ1v) is 8.04. The number of ether oxygens (including phenoxy) is 1. The van der Waals surface area contributed by atoms with Crippen molar-refractivity contribution in [1.82, 2.24) is 4.90 Å². The van der Waals surface area contributed by atoms with Gasteiger partial charge in [-0.05, 0) is 36.2 Å². The van der Waals surface area contributed by atoms with E-state index in [1.54, 1.807) is 30.2 Å². The van der Waals surface area contributed by atoms with Crippen molar-refractivity contribution in [2.75, 3.05) is 20.3 Å². The summed E-state index contributed by atoms with van der Waals surface area (Å²) in [4.78, 5) is 14.3. The van der Waals surface area contributed by atoms with Crippen LogP contribution in [0, 0.1) is 11.6 Å². The quantitative estimate of drug-likeness (QED) is 0.925. The molecule has 0 aromatic heterocycles. The third-order valence-electron chi connectivity index (χ3n) is 4.54. The van der Waals surface area contributed by atoms with E-state index in [-0.39, 0.29) is 30.2 Å². The third-order valence-corrected chi connectivity index (χ3v) is 4.54. The molecule has 0 bridgehead atoms. The number of aliphatic hydroxyl groups is 1. The highest BCUT2D eigenvalue weighted by atomic mass is 19.1. The first-order valence-electron chi connectivity index (χ1n) is 8.04. The van der Waals surface area contributed by atoms with Crippen LogP contribution in [0.2, 0.25) is 0 Å². The van der Waals surface area contributed by atoms with Gasteiger partial charge in [-0.15, -0.1) is 0 Å². The van der Waals surface area contributed by atoms with E-state index >= 15 is 0 Å². The number of likely N-dealkylation sites (tertiary alicyclic amines) is 1. The Morgan fingerprint density at radius 2 is 1.92 bits per heavy atom. The molecule has 1 aliphatic heterocycles. The number of halogens is 2. The number of aliphatic hydroxyl groups excluding tert-OH is 1. The number of rotatable bonds is 4. The molecule has 3 rings (SSSR count). The lowest BCUT2D eigenvalue weighted by Crippen LogP contribution is -2.38. The summed E-state index contributed by atoms with van der Waals surface area (Å²) in [5.41, 5.74) is 0.451. The van der Waals surface area contributed by atoms with Gasteiger partial charge in [0.1, 0.15) is 11.6 Å². The number of carbonyl (C=O) groups excluding carboxylic acids is 1. The van der Waals surface area contributed by atoms with E-state index in [2.05, 4.69) is 0 Å². The molecular formula is C19H19F2NO3. The molecule has 4 nitrogen and oxygen atoms in total. The van der Waals surface area contributed by atoms with Gasteiger partial charge in [0, 0.05) is 19.2 Å². The van der Waals surface area contributed by atoms with Gasteiger partial charge in [-0.1, -0.05) is 18.2 Å². The zero-order valence-electron chi connectivity index (χ0n) is 13.8. The highest BCUT2D eigenvalue weighted by Crippen LogP contribution is 2.28. The van der Waals surface area contributed by atoms with E-state index in [0.29, 0.717) is 24.1 Å². The van der Waals surface area contributed by atoms with Crippen LogP contribution in [0.25, 0.3) is 11.1 Å². The summed E-state index contributed by atoms with van der Waals surface area (Å²) in [5.74, 6) is -1.66. The van der Waals surface area contributed by atoms with Crippen molar-refractivity contribution < 1.29 is 23.4 Å². The van der Waals surface area contributed by atoms with Crippen LogP contribution in [-0.2, 0) is 4.74 Å². The first kappa shape index (κ1) is 17.5. The number of carbonyl (C=O) groups is 1. The van der Waals surface area contributed by atoms with Crippen molar-refractivity contribution >= 4 is 5.91 Å². The average Bonchev–Trinajstić information content (AvgIpc) is 3.05. The fourth-order valence-corrected chi connectivity index (χ4v) is 3.21. The van der Waals surface area contributed by atoms with Gasteiger partial charge < -0.3 is 14.7 Å². The zero-order chi connectivity index (χ0) is 18.0. The maximum atomic E-state index is 14.0. The van der Waals surface area contributed by atoms with Crippen LogP contribution < -0.4 is 0 Å². The summed E-state index contributed by atoms with van der Waals surface area (Å²) in [7, 11) is 1.56. The van der Waals surface area contributed by atoms with E-state index < -0.39 is 11.6 Å². The summed E-state index contributed by atoms with van der Waals surface area (Å²) in [5, 5.41) is 9.50. The molecule has 1 fully saturated rings. The smallest absolute Gasteiger partial charge is 0.254 e. The van der Waals surface area contributed by atoms with E-state index in [0.717, 1.165) is 0 Å². The lowest BCUT2D eigenvalue weighted by atomic mass is 10.0. The molecule has 2 aromatic rings. The Morgan fingerprint density at radius 3 is 2.56 bits per heavy atom. The van der Waals surface area contributed by atoms with Gasteiger partial charge in [0.2, 0.25) is 0 Å². The Balaban J connectivity index is 1.93. The standard InChI is InChI=1S/C19H19F2NO3/c1-25-15-9-14(11-23)22(10-15)19(24)13-5-2-4-12(8-13)18-16(20)6-3-7-17(18)21/h2-8,14-15,23H,9-11H2,1H3/t14-,15-/m0/s1. The minimum Gasteiger partial charge on any atom is -0.394 e. The van der Waals surface area contributed by atoms with Crippen molar-refractivity contribution in [3.63, 3.8) is 0 Å². The molecule has 0 radical (unpaired) electrons. The van der Waals surface area contributed by atoms with Crippen LogP contribution >= 0.6 is 0 Å². The number of hydrogen-bond donors (Lipinski definition) is 1. The number of amides is 1. The monoisotopic (exact) mass is 347 g/mol. The predicted octanol–water partition coefficient (Wildman–Crippen LogP) is 2.85. The lowest BCUT2D eigenvalue weighted by Gasteiger charge is -2.23. The van der Waals surface area contributed by atoms with Crippen LogP contribution in [0.5, 0.6) is 0 Å². The third kappa shape index (κ3) is 3.41. The molecule has 132 valence electrons. The van der Waals surface area contributed by atoms with Crippen LogP contribution in [0.1, 0.15) is 16.8 Å². The highest BCUT2D eigenvalue weighted by Gasteiger charge is 2.35. The molecular weight excluding hydrogens is 328 g/mol. The van der Waals surface area contributed by atoms with Crippen molar-refractivity contribution in [2.24, 2.45) is 0 Å². The summed E-state index contributed by atoms with van der Waals surface area (Å²) in [6.45, 7) is 0.214. The molecule has 1 heterocycles. The Bertz CT molecular complexity index is 761. The van der Waals surface area contributed by atoms with Crippen LogP contribution in [0.4, 0.5) is 8.78 Å². The molecule has 1 saturated heterocycles. The molecule has 1 amide bonds. The van der Waals surface area contributed by atoms with Gasteiger partial charge in [0.25, 0.3) is 5.91 Å². The van der Waals surface area contributed by atoms with Gasteiger partial charge in [-0.25, -0.2) is 8.78 Å². The van der Waals surface area contributed by atoms with Crippen LogP contribution in [-0.4, -0.2) is 48.3 Å². The lowest BCUT2D eigenvalue weighted by molar-refractivity contribution is 0.0648. The fourth-order valence-electron chi connectivity index (χ4n) is 3.21. The summed E-state index contributed by atoms with van der Waals surface area (Å²) in [6, 6.07) is 9.54. The van der Waals surface area contributed by atoms with E-state index in [9.17, 15) is 18.7 Å². The highest BCUT2D eigenvalue weighted by molar-refractivity contribution is 5.96. The van der Waals surface area contributed by atoms with Gasteiger partial charge in [0.15, 0.2) is 0 Å². The molecule has 1 aliphatic rings. The van der Waals surface area contributed by atoms with Crippen molar-refractivity contribution in [3.8, 4) is 11.1 Å². The maximum absolute atomic E-state index is 14.0. The second-order valence-electron chi connectivity index (χ2n) is 6.06. The molecule has 25 heavy (non-hydrogen) atoms. The molecule has 6 heteroatoms. The fraction of sp³-hybridized carbons (Fsp3) is 0.316. The van der Waals surface area contributed by atoms with Crippen molar-refractivity contribution in [1.29, 1.82) is 0 Å².